The summed E-state index contributed by atoms with van der Waals surface area (Å²) in [6.45, 7) is 3.93. The van der Waals surface area contributed by atoms with Crippen molar-refractivity contribution in [2.24, 2.45) is 10.3 Å². The Balaban J connectivity index is 1.73. The number of amides is 3. The fourth-order valence-corrected chi connectivity index (χ4v) is 4.47. The van der Waals surface area contributed by atoms with E-state index in [0.29, 0.717) is 5.56 Å². The normalized spacial score (nSPS) is 18.3. The number of aromatic nitrogens is 1. The van der Waals surface area contributed by atoms with E-state index < -0.39 is 51.4 Å². The molecule has 38 heavy (non-hydrogen) atoms. The number of nitrogen functional groups attached to an aromatic ring is 1. The molecule has 2 heterocycles. The van der Waals surface area contributed by atoms with E-state index in [-0.39, 0.29) is 26.6 Å². The van der Waals surface area contributed by atoms with Crippen LogP contribution in [0, 0.1) is 0 Å². The first kappa shape index (κ1) is 28.3. The van der Waals surface area contributed by atoms with Crippen LogP contribution in [0.5, 0.6) is 11.5 Å². The number of aromatic hydroxyl groups is 2. The smallest absolute Gasteiger partial charge is 0.362 e. The first-order chi connectivity index (χ1) is 17.6. The molecule has 0 unspecified atom stereocenters. The van der Waals surface area contributed by atoms with Crippen LogP contribution in [0.1, 0.15) is 32.0 Å². The average Bonchev–Trinajstić information content (AvgIpc) is 3.24. The lowest BCUT2D eigenvalue weighted by atomic mass is 10.0. The van der Waals surface area contributed by atoms with E-state index in [9.17, 15) is 33.0 Å². The first-order valence-electron chi connectivity index (χ1n) is 10.6. The predicted molar refractivity (Wildman–Crippen MR) is 134 cm³/mol. The number of phenols is 2. The molecule has 0 aliphatic carbocycles. The molecule has 1 aromatic heterocycles. The quantitative estimate of drug-likeness (QED) is 0.0724. The molecule has 2 atom stereocenters. The highest BCUT2D eigenvalue weighted by Crippen LogP contribution is 2.25. The van der Waals surface area contributed by atoms with Crippen molar-refractivity contribution >= 4 is 56.4 Å². The van der Waals surface area contributed by atoms with Crippen LogP contribution >= 0.6 is 11.3 Å². The van der Waals surface area contributed by atoms with Crippen molar-refractivity contribution in [2.45, 2.75) is 38.5 Å². The van der Waals surface area contributed by atoms with E-state index >= 15 is 0 Å². The zero-order valence-corrected chi connectivity index (χ0v) is 21.6. The highest BCUT2D eigenvalue weighted by molar-refractivity contribution is 7.84. The van der Waals surface area contributed by atoms with E-state index in [2.05, 4.69) is 26.0 Å². The molecule has 1 aliphatic rings. The highest BCUT2D eigenvalue weighted by Gasteiger charge is 2.51. The molecule has 0 spiro atoms. The third kappa shape index (κ3) is 6.15. The Morgan fingerprint density at radius 1 is 1.29 bits per heavy atom. The van der Waals surface area contributed by atoms with Gasteiger partial charge in [-0.3, -0.25) is 18.9 Å². The molecule has 3 rings (SSSR count). The second-order valence-electron chi connectivity index (χ2n) is 8.36. The summed E-state index contributed by atoms with van der Waals surface area (Å²) in [6, 6.07) is 1.50. The van der Waals surface area contributed by atoms with Gasteiger partial charge in [-0.1, -0.05) is 5.16 Å². The molecule has 7 N–H and O–H groups in total. The van der Waals surface area contributed by atoms with E-state index in [4.69, 9.17) is 15.1 Å². The number of anilines is 1. The molecule has 204 valence electrons. The van der Waals surface area contributed by atoms with Crippen molar-refractivity contribution in [1.29, 1.82) is 0 Å². The number of carbonyl (C=O) groups excluding carboxylic acids is 3. The Kier molecular flexibility index (Phi) is 7.89. The molecule has 0 bridgehead atoms. The zero-order valence-electron chi connectivity index (χ0n) is 20.0. The molecular formula is C20H23N7O9S2. The van der Waals surface area contributed by atoms with Crippen molar-refractivity contribution in [3.63, 3.8) is 0 Å². The van der Waals surface area contributed by atoms with Gasteiger partial charge in [-0.05, 0) is 44.5 Å². The van der Waals surface area contributed by atoms with Gasteiger partial charge in [0.05, 0.1) is 12.3 Å². The molecule has 1 aliphatic heterocycles. The number of β-lactam (4-membered cyclic amide) rings is 1. The molecule has 16 nitrogen and oxygen atoms in total. The molecular weight excluding hydrogens is 546 g/mol. The van der Waals surface area contributed by atoms with Crippen molar-refractivity contribution in [1.82, 2.24) is 20.0 Å². The fourth-order valence-electron chi connectivity index (χ4n) is 3.04. The lowest BCUT2D eigenvalue weighted by molar-refractivity contribution is -0.144. The van der Waals surface area contributed by atoms with E-state index in [1.807, 2.05) is 0 Å². The van der Waals surface area contributed by atoms with Gasteiger partial charge in [0.25, 0.3) is 17.7 Å². The summed E-state index contributed by atoms with van der Waals surface area (Å²) in [7, 11) is -4.80. The third-order valence-corrected chi connectivity index (χ3v) is 6.83. The SMILES string of the molecule is C[C@H]1[C@H](NC(=O)C(=NOC(C)(C)C(=O)NN=Cc2ccc(O)c(O)c2)c2csc(N)n2)C(=O)N1S(=O)(=O)O. The second-order valence-corrected chi connectivity index (χ2v) is 10.5. The van der Waals surface area contributed by atoms with Gasteiger partial charge in [0, 0.05) is 5.38 Å². The second kappa shape index (κ2) is 10.6. The van der Waals surface area contributed by atoms with Crippen molar-refractivity contribution in [3.8, 4) is 11.5 Å². The lowest BCUT2D eigenvalue weighted by Crippen LogP contribution is -2.71. The van der Waals surface area contributed by atoms with Gasteiger partial charge < -0.3 is 26.1 Å². The number of oxime groups is 1. The minimum atomic E-state index is -4.80. The largest absolute Gasteiger partial charge is 0.504 e. The third-order valence-electron chi connectivity index (χ3n) is 5.14. The Morgan fingerprint density at radius 2 is 1.97 bits per heavy atom. The average molecular weight is 570 g/mol. The summed E-state index contributed by atoms with van der Waals surface area (Å²) < 4.78 is 31.9. The van der Waals surface area contributed by atoms with Gasteiger partial charge in [0.1, 0.15) is 11.7 Å². The zero-order chi connectivity index (χ0) is 28.4. The van der Waals surface area contributed by atoms with Crippen molar-refractivity contribution in [2.75, 3.05) is 5.73 Å². The number of nitrogens with zero attached hydrogens (tertiary/aromatic N) is 4. The molecule has 1 saturated heterocycles. The number of phenolic OH excluding ortho intramolecular Hbond substituents is 2. The van der Waals surface area contributed by atoms with E-state index in [1.165, 1.54) is 50.6 Å². The monoisotopic (exact) mass is 569 g/mol. The minimum absolute atomic E-state index is 0.0440. The summed E-state index contributed by atoms with van der Waals surface area (Å²) in [6.07, 6.45) is 1.19. The number of thiazole rings is 1. The summed E-state index contributed by atoms with van der Waals surface area (Å²) in [5.74, 6) is -3.55. The van der Waals surface area contributed by atoms with Gasteiger partial charge in [-0.15, -0.1) is 11.3 Å². The Morgan fingerprint density at radius 3 is 2.53 bits per heavy atom. The number of hydrogen-bond acceptors (Lipinski definition) is 13. The number of benzene rings is 1. The molecule has 0 saturated carbocycles. The standard InChI is InChI=1S/C20H23N7O9S2/c1-9-14(17(31)27(9)38(33,34)35)24-16(30)15(11-8-37-19(21)23-11)26-36-20(2,3)18(32)25-22-7-10-4-5-12(28)13(29)6-10/h4-9,14,28-29H,1-3H3,(H2,21,23)(H,24,30)(H,25,32)(H,33,34,35)/t9-,14-/m0/s1. The Bertz CT molecular complexity index is 1440. The maximum absolute atomic E-state index is 12.9. The van der Waals surface area contributed by atoms with Crippen LogP contribution in [-0.2, 0) is 29.5 Å². The number of carbonyl (C=O) groups is 3. The molecule has 0 radical (unpaired) electrons. The van der Waals surface area contributed by atoms with Crippen LogP contribution in [0.4, 0.5) is 5.13 Å². The van der Waals surface area contributed by atoms with Crippen LogP contribution in [-0.4, -0.2) is 79.8 Å². The van der Waals surface area contributed by atoms with E-state index in [0.717, 1.165) is 11.3 Å². The summed E-state index contributed by atoms with van der Waals surface area (Å²) >= 11 is 0.975. The lowest BCUT2D eigenvalue weighted by Gasteiger charge is -2.42. The van der Waals surface area contributed by atoms with Gasteiger partial charge in [-0.2, -0.15) is 13.5 Å². The van der Waals surface area contributed by atoms with Crippen LogP contribution in [0.25, 0.3) is 0 Å². The van der Waals surface area contributed by atoms with Gasteiger partial charge in [0.15, 0.2) is 22.3 Å². The topological polar surface area (TPSA) is 246 Å². The number of hydrazone groups is 1. The minimum Gasteiger partial charge on any atom is -0.504 e. The molecule has 18 heteroatoms. The maximum atomic E-state index is 12.9. The van der Waals surface area contributed by atoms with E-state index in [1.54, 1.807) is 0 Å². The van der Waals surface area contributed by atoms with Crippen LogP contribution < -0.4 is 16.5 Å². The number of nitrogens with two attached hydrogens (primary N) is 1. The number of rotatable bonds is 9. The molecule has 3 amide bonds. The summed E-state index contributed by atoms with van der Waals surface area (Å²) in [4.78, 5) is 46.9. The molecule has 1 aromatic carbocycles. The Hall–Kier alpha value is -4.29. The van der Waals surface area contributed by atoms with Crippen molar-refractivity contribution < 1.29 is 42.4 Å². The summed E-state index contributed by atoms with van der Waals surface area (Å²) in [5.41, 5.74) is 6.01. The van der Waals surface area contributed by atoms with Crippen LogP contribution in [0.3, 0.4) is 0 Å². The highest BCUT2D eigenvalue weighted by atomic mass is 32.2. The number of nitrogens with one attached hydrogen (secondary N) is 2. The summed E-state index contributed by atoms with van der Waals surface area (Å²) in [5, 5.41) is 30.1. The first-order valence-corrected chi connectivity index (χ1v) is 12.8. The van der Waals surface area contributed by atoms with Crippen LogP contribution in [0.15, 0.2) is 33.8 Å². The Labute approximate surface area is 219 Å². The van der Waals surface area contributed by atoms with Crippen LogP contribution in [0.2, 0.25) is 0 Å². The van der Waals surface area contributed by atoms with Gasteiger partial charge in [-0.25, -0.2) is 14.7 Å². The molecule has 2 aromatic rings. The van der Waals surface area contributed by atoms with Gasteiger partial charge >= 0.3 is 10.3 Å². The number of hydrogen-bond donors (Lipinski definition) is 6. The maximum Gasteiger partial charge on any atom is 0.362 e. The van der Waals surface area contributed by atoms with Gasteiger partial charge in [0.2, 0.25) is 5.60 Å². The fraction of sp³-hybridized carbons (Fsp3) is 0.300. The van der Waals surface area contributed by atoms with Crippen molar-refractivity contribution in [3.05, 3.63) is 34.8 Å². The molecule has 1 fully saturated rings. The predicted octanol–water partition coefficient (Wildman–Crippen LogP) is -0.696.